The van der Waals surface area contributed by atoms with Crippen LogP contribution in [0.25, 0.3) is 0 Å². The lowest BCUT2D eigenvalue weighted by molar-refractivity contribution is 0.0503. The Hall–Kier alpha value is -0.600. The van der Waals surface area contributed by atoms with Crippen molar-refractivity contribution in [2.75, 3.05) is 6.79 Å². The van der Waals surface area contributed by atoms with Gasteiger partial charge >= 0.3 is 0 Å². The third-order valence-corrected chi connectivity index (χ3v) is 1.56. The third kappa shape index (κ3) is 3.75. The van der Waals surface area contributed by atoms with Crippen LogP contribution >= 0.6 is 0 Å². The molecule has 0 amide bonds. The highest BCUT2D eigenvalue weighted by Crippen LogP contribution is 2.17. The molecule has 2 rings (SSSR count). The summed E-state index contributed by atoms with van der Waals surface area (Å²) in [6.45, 7) is 6.93. The van der Waals surface area contributed by atoms with Gasteiger partial charge in [-0.05, 0) is 5.92 Å². The maximum absolute atomic E-state index is 5.20. The topological polar surface area (TPSA) is 18.5 Å². The Morgan fingerprint density at radius 1 is 1.00 bits per heavy atom. The Morgan fingerprint density at radius 3 is 1.77 bits per heavy atom. The summed E-state index contributed by atoms with van der Waals surface area (Å²) in [6.07, 6.45) is 8.34. The second-order valence-electron chi connectivity index (χ2n) is 3.88. The standard InChI is InChI=1S/C7H8O2.C4H10/c1-2-4-7-6(3-1)8-5-9-7;1-4(2)3/h1-4,6-7H,5H2;4H,1-3H3. The minimum Gasteiger partial charge on any atom is -0.345 e. The second-order valence-corrected chi connectivity index (χ2v) is 3.88. The molecule has 0 spiro atoms. The van der Waals surface area contributed by atoms with E-state index in [0.29, 0.717) is 6.79 Å². The molecule has 2 nitrogen and oxygen atoms in total. The van der Waals surface area contributed by atoms with E-state index in [1.54, 1.807) is 0 Å². The zero-order valence-electron chi connectivity index (χ0n) is 8.57. The highest BCUT2D eigenvalue weighted by molar-refractivity contribution is 5.17. The molecule has 0 aromatic rings. The van der Waals surface area contributed by atoms with E-state index in [0.717, 1.165) is 5.92 Å². The maximum Gasteiger partial charge on any atom is 0.148 e. The van der Waals surface area contributed by atoms with Crippen LogP contribution in [-0.2, 0) is 9.47 Å². The Kier molecular flexibility index (Phi) is 4.19. The van der Waals surface area contributed by atoms with E-state index in [9.17, 15) is 0 Å². The molecule has 2 aliphatic rings. The monoisotopic (exact) mass is 182 g/mol. The Labute approximate surface area is 80.2 Å². The lowest BCUT2D eigenvalue weighted by Crippen LogP contribution is -2.18. The van der Waals surface area contributed by atoms with E-state index in [-0.39, 0.29) is 12.2 Å². The molecular formula is C11H18O2. The molecule has 0 bridgehead atoms. The maximum atomic E-state index is 5.20. The molecule has 1 fully saturated rings. The van der Waals surface area contributed by atoms with E-state index in [1.165, 1.54) is 0 Å². The van der Waals surface area contributed by atoms with Crippen molar-refractivity contribution in [3.63, 3.8) is 0 Å². The summed E-state index contributed by atoms with van der Waals surface area (Å²) in [5, 5.41) is 0. The highest BCUT2D eigenvalue weighted by Gasteiger charge is 2.25. The van der Waals surface area contributed by atoms with Gasteiger partial charge < -0.3 is 9.47 Å². The molecule has 2 atom stereocenters. The van der Waals surface area contributed by atoms with Gasteiger partial charge in [0.05, 0.1) is 0 Å². The molecule has 1 aliphatic heterocycles. The van der Waals surface area contributed by atoms with Gasteiger partial charge in [0.2, 0.25) is 0 Å². The predicted octanol–water partition coefficient (Wildman–Crippen LogP) is 2.52. The number of hydrogen-bond acceptors (Lipinski definition) is 2. The van der Waals surface area contributed by atoms with Crippen LogP contribution in [0.3, 0.4) is 0 Å². The van der Waals surface area contributed by atoms with Crippen LogP contribution in [-0.4, -0.2) is 19.0 Å². The molecule has 0 saturated carbocycles. The second kappa shape index (κ2) is 5.20. The molecule has 1 aliphatic carbocycles. The summed E-state index contributed by atoms with van der Waals surface area (Å²) in [7, 11) is 0. The van der Waals surface area contributed by atoms with Crippen LogP contribution in [0, 0.1) is 5.92 Å². The van der Waals surface area contributed by atoms with Crippen molar-refractivity contribution in [1.29, 1.82) is 0 Å². The number of rotatable bonds is 0. The molecule has 2 unspecified atom stereocenters. The van der Waals surface area contributed by atoms with Crippen LogP contribution in [0.4, 0.5) is 0 Å². The van der Waals surface area contributed by atoms with Crippen molar-refractivity contribution < 1.29 is 9.47 Å². The molecule has 2 heteroatoms. The van der Waals surface area contributed by atoms with Crippen molar-refractivity contribution in [3.8, 4) is 0 Å². The van der Waals surface area contributed by atoms with Crippen LogP contribution < -0.4 is 0 Å². The van der Waals surface area contributed by atoms with Crippen LogP contribution in [0.2, 0.25) is 0 Å². The van der Waals surface area contributed by atoms with Gasteiger partial charge in [0.15, 0.2) is 0 Å². The lowest BCUT2D eigenvalue weighted by Gasteiger charge is -2.10. The number of fused-ring (bicyclic) bond motifs is 1. The van der Waals surface area contributed by atoms with Gasteiger partial charge in [-0.15, -0.1) is 0 Å². The minimum absolute atomic E-state index is 0.176. The number of allylic oxidation sites excluding steroid dienone is 2. The number of ether oxygens (including phenoxy) is 2. The first kappa shape index (κ1) is 10.5. The van der Waals surface area contributed by atoms with Gasteiger partial charge in [0.25, 0.3) is 0 Å². The van der Waals surface area contributed by atoms with Gasteiger partial charge in [-0.2, -0.15) is 0 Å². The van der Waals surface area contributed by atoms with Crippen molar-refractivity contribution >= 4 is 0 Å². The van der Waals surface area contributed by atoms with Crippen LogP contribution in [0.1, 0.15) is 20.8 Å². The van der Waals surface area contributed by atoms with Gasteiger partial charge in [-0.1, -0.05) is 45.1 Å². The zero-order chi connectivity index (χ0) is 9.68. The van der Waals surface area contributed by atoms with Gasteiger partial charge in [0, 0.05) is 0 Å². The van der Waals surface area contributed by atoms with E-state index in [4.69, 9.17) is 9.47 Å². The van der Waals surface area contributed by atoms with Gasteiger partial charge in [-0.25, -0.2) is 0 Å². The summed E-state index contributed by atoms with van der Waals surface area (Å²) in [5.41, 5.74) is 0. The molecule has 13 heavy (non-hydrogen) atoms. The Morgan fingerprint density at radius 2 is 1.38 bits per heavy atom. The molecule has 1 saturated heterocycles. The molecule has 0 radical (unpaired) electrons. The molecule has 1 heterocycles. The van der Waals surface area contributed by atoms with Crippen molar-refractivity contribution in [2.45, 2.75) is 33.0 Å². The fraction of sp³-hybridized carbons (Fsp3) is 0.636. The first-order chi connectivity index (χ1) is 6.20. The fourth-order valence-electron chi connectivity index (χ4n) is 1.06. The zero-order valence-corrected chi connectivity index (χ0v) is 8.57. The first-order valence-corrected chi connectivity index (χ1v) is 4.78. The third-order valence-electron chi connectivity index (χ3n) is 1.56. The quantitative estimate of drug-likeness (QED) is 0.573. The average Bonchev–Trinajstić information content (AvgIpc) is 2.49. The van der Waals surface area contributed by atoms with Gasteiger partial charge in [-0.3, -0.25) is 0 Å². The minimum atomic E-state index is 0.176. The van der Waals surface area contributed by atoms with Crippen LogP contribution in [0.5, 0.6) is 0 Å². The highest BCUT2D eigenvalue weighted by atomic mass is 16.7. The van der Waals surface area contributed by atoms with E-state index >= 15 is 0 Å². The summed E-state index contributed by atoms with van der Waals surface area (Å²) in [4.78, 5) is 0. The number of hydrogen-bond donors (Lipinski definition) is 0. The summed E-state index contributed by atoms with van der Waals surface area (Å²) in [5.74, 6) is 0.833. The van der Waals surface area contributed by atoms with Gasteiger partial charge in [0.1, 0.15) is 19.0 Å². The van der Waals surface area contributed by atoms with Crippen molar-refractivity contribution in [3.05, 3.63) is 24.3 Å². The normalized spacial score (nSPS) is 29.8. The first-order valence-electron chi connectivity index (χ1n) is 4.78. The van der Waals surface area contributed by atoms with Crippen LogP contribution in [0.15, 0.2) is 24.3 Å². The molecule has 0 aromatic heterocycles. The summed E-state index contributed by atoms with van der Waals surface area (Å²) in [6, 6.07) is 0. The van der Waals surface area contributed by atoms with E-state index in [2.05, 4.69) is 20.8 Å². The average molecular weight is 182 g/mol. The Balaban J connectivity index is 0.000000184. The Bertz CT molecular complexity index is 174. The summed E-state index contributed by atoms with van der Waals surface area (Å²) < 4.78 is 10.4. The SMILES string of the molecule is C1=CC2OCOC2C=C1.CC(C)C. The fourth-order valence-corrected chi connectivity index (χ4v) is 1.06. The lowest BCUT2D eigenvalue weighted by atomic mass is 10.1. The molecule has 74 valence electrons. The van der Waals surface area contributed by atoms with Crippen molar-refractivity contribution in [2.24, 2.45) is 5.92 Å². The van der Waals surface area contributed by atoms with Crippen molar-refractivity contribution in [1.82, 2.24) is 0 Å². The van der Waals surface area contributed by atoms with E-state index in [1.807, 2.05) is 24.3 Å². The summed E-state index contributed by atoms with van der Waals surface area (Å²) >= 11 is 0. The predicted molar refractivity (Wildman–Crippen MR) is 53.4 cm³/mol. The molecular weight excluding hydrogens is 164 g/mol. The largest absolute Gasteiger partial charge is 0.345 e. The van der Waals surface area contributed by atoms with E-state index < -0.39 is 0 Å². The smallest absolute Gasteiger partial charge is 0.148 e. The molecule has 0 aromatic carbocycles. The molecule has 0 N–H and O–H groups in total.